The Morgan fingerprint density at radius 3 is 2.56 bits per heavy atom. The molecule has 2 bridgehead atoms. The third kappa shape index (κ3) is 2.26. The molecule has 2 aromatic heterocycles. The van der Waals surface area contributed by atoms with Gasteiger partial charge in [0.2, 0.25) is 0 Å². The number of pyridine rings is 1. The van der Waals surface area contributed by atoms with E-state index in [0.717, 1.165) is 43.1 Å². The normalized spacial score (nSPS) is 32.8. The second-order valence-electron chi connectivity index (χ2n) is 9.13. The molecule has 6 nitrogen and oxygen atoms in total. The van der Waals surface area contributed by atoms with Gasteiger partial charge in [0, 0.05) is 42.5 Å². The molecule has 0 unspecified atom stereocenters. The van der Waals surface area contributed by atoms with Crippen molar-refractivity contribution in [2.45, 2.75) is 56.0 Å². The summed E-state index contributed by atoms with van der Waals surface area (Å²) in [5, 5.41) is 0. The summed E-state index contributed by atoms with van der Waals surface area (Å²) >= 11 is 0. The van der Waals surface area contributed by atoms with Crippen LogP contribution in [0, 0.1) is 6.92 Å². The van der Waals surface area contributed by atoms with Crippen molar-refractivity contribution in [2.24, 2.45) is 0 Å². The molecule has 2 N–H and O–H groups in total. The largest absolute Gasteiger partial charge is 0.383 e. The summed E-state index contributed by atoms with van der Waals surface area (Å²) in [6, 6.07) is 2.11. The molecule has 0 aromatic carbocycles. The van der Waals surface area contributed by atoms with Crippen molar-refractivity contribution in [3.05, 3.63) is 29.8 Å². The Kier molecular flexibility index (Phi) is 3.17. The Balaban J connectivity index is 1.31. The van der Waals surface area contributed by atoms with Crippen molar-refractivity contribution < 1.29 is 4.74 Å². The Morgan fingerprint density at radius 1 is 1.15 bits per heavy atom. The van der Waals surface area contributed by atoms with Gasteiger partial charge in [0.15, 0.2) is 0 Å². The van der Waals surface area contributed by atoms with Gasteiger partial charge in [-0.2, -0.15) is 0 Å². The average Bonchev–Trinajstić information content (AvgIpc) is 3.36. The number of aryl methyl sites for hydroxylation is 1. The van der Waals surface area contributed by atoms with Crippen LogP contribution in [-0.2, 0) is 10.3 Å². The topological polar surface area (TPSA) is 69.2 Å². The van der Waals surface area contributed by atoms with Crippen LogP contribution in [0.15, 0.2) is 18.5 Å². The molecule has 5 aliphatic rings. The molecule has 142 valence electrons. The SMILES string of the molecule is Cc1cc(-c2cn(C34CC(N5CCOCC5)(C3)C4)c(C3CC3)n2)cnc1N. The lowest BCUT2D eigenvalue weighted by Crippen LogP contribution is -2.79. The standard InChI is InChI=1S/C21H27N5O/c1-14-8-16(9-23-18(14)22)17-10-26(19(24-17)15-2-3-15)21-11-20(12-21,13-21)25-4-6-27-7-5-25/h8-10,15H,2-7,11-13H2,1H3,(H2,22,23). The first kappa shape index (κ1) is 16.1. The van der Waals surface area contributed by atoms with Crippen LogP contribution >= 0.6 is 0 Å². The molecule has 5 fully saturated rings. The van der Waals surface area contributed by atoms with E-state index < -0.39 is 0 Å². The summed E-state index contributed by atoms with van der Waals surface area (Å²) in [5.41, 5.74) is 9.80. The van der Waals surface area contributed by atoms with Crippen LogP contribution in [0.25, 0.3) is 11.3 Å². The van der Waals surface area contributed by atoms with E-state index in [1.165, 1.54) is 37.9 Å². The van der Waals surface area contributed by atoms with E-state index in [1.807, 2.05) is 13.1 Å². The predicted molar refractivity (Wildman–Crippen MR) is 104 cm³/mol. The van der Waals surface area contributed by atoms with Crippen LogP contribution in [0.4, 0.5) is 5.82 Å². The van der Waals surface area contributed by atoms with Gasteiger partial charge in [0.25, 0.3) is 0 Å². The number of ether oxygens (including phenoxy) is 1. The van der Waals surface area contributed by atoms with Crippen LogP contribution < -0.4 is 5.73 Å². The van der Waals surface area contributed by atoms with Crippen molar-refractivity contribution in [3.8, 4) is 11.3 Å². The maximum absolute atomic E-state index is 5.90. The first-order valence-corrected chi connectivity index (χ1v) is 10.2. The van der Waals surface area contributed by atoms with Crippen molar-refractivity contribution in [1.82, 2.24) is 19.4 Å². The number of hydrogen-bond donors (Lipinski definition) is 1. The van der Waals surface area contributed by atoms with E-state index >= 15 is 0 Å². The summed E-state index contributed by atoms with van der Waals surface area (Å²) in [7, 11) is 0. The maximum Gasteiger partial charge on any atom is 0.126 e. The fourth-order valence-electron chi connectivity index (χ4n) is 5.58. The number of hydrogen-bond acceptors (Lipinski definition) is 5. The smallest absolute Gasteiger partial charge is 0.126 e. The maximum atomic E-state index is 5.90. The van der Waals surface area contributed by atoms with Crippen molar-refractivity contribution in [1.29, 1.82) is 0 Å². The summed E-state index contributed by atoms with van der Waals surface area (Å²) in [6.45, 7) is 5.98. The highest BCUT2D eigenvalue weighted by molar-refractivity contribution is 5.61. The number of aromatic nitrogens is 3. The summed E-state index contributed by atoms with van der Waals surface area (Å²) in [6.07, 6.45) is 10.5. The predicted octanol–water partition coefficient (Wildman–Crippen LogP) is 2.68. The first-order chi connectivity index (χ1) is 13.1. The highest BCUT2D eigenvalue weighted by Gasteiger charge is 2.71. The molecular weight excluding hydrogens is 338 g/mol. The zero-order valence-electron chi connectivity index (χ0n) is 15.9. The molecule has 0 atom stereocenters. The zero-order valence-corrected chi connectivity index (χ0v) is 15.9. The monoisotopic (exact) mass is 365 g/mol. The van der Waals surface area contributed by atoms with Gasteiger partial charge < -0.3 is 15.0 Å². The second-order valence-corrected chi connectivity index (χ2v) is 9.13. The molecule has 4 aliphatic carbocycles. The highest BCUT2D eigenvalue weighted by atomic mass is 16.5. The van der Waals surface area contributed by atoms with Crippen molar-refractivity contribution >= 4 is 5.82 Å². The van der Waals surface area contributed by atoms with E-state index in [2.05, 4.69) is 26.7 Å². The molecular formula is C21H27N5O. The number of imidazole rings is 1. The fourth-order valence-corrected chi connectivity index (χ4v) is 5.58. The number of rotatable bonds is 4. The Morgan fingerprint density at radius 2 is 1.89 bits per heavy atom. The van der Waals surface area contributed by atoms with E-state index in [1.54, 1.807) is 0 Å². The minimum atomic E-state index is 0.303. The molecule has 1 aliphatic heterocycles. The molecule has 2 aromatic rings. The van der Waals surface area contributed by atoms with Crippen molar-refractivity contribution in [3.63, 3.8) is 0 Å². The van der Waals surface area contributed by atoms with Gasteiger partial charge >= 0.3 is 0 Å². The van der Waals surface area contributed by atoms with E-state index in [0.29, 0.717) is 22.8 Å². The Hall–Kier alpha value is -1.92. The number of morpholine rings is 1. The van der Waals surface area contributed by atoms with Crippen LogP contribution in [-0.4, -0.2) is 51.3 Å². The van der Waals surface area contributed by atoms with E-state index in [-0.39, 0.29) is 0 Å². The molecule has 4 saturated carbocycles. The first-order valence-electron chi connectivity index (χ1n) is 10.2. The molecule has 0 amide bonds. The minimum Gasteiger partial charge on any atom is -0.383 e. The number of nitrogens with zero attached hydrogens (tertiary/aromatic N) is 4. The number of nitrogens with two attached hydrogens (primary N) is 1. The van der Waals surface area contributed by atoms with Gasteiger partial charge in [0.1, 0.15) is 11.6 Å². The van der Waals surface area contributed by atoms with E-state index in [9.17, 15) is 0 Å². The summed E-state index contributed by atoms with van der Waals surface area (Å²) in [5.74, 6) is 2.55. The van der Waals surface area contributed by atoms with Gasteiger partial charge in [-0.1, -0.05) is 0 Å². The summed E-state index contributed by atoms with van der Waals surface area (Å²) < 4.78 is 8.10. The zero-order chi connectivity index (χ0) is 18.2. The molecule has 0 radical (unpaired) electrons. The third-order valence-electron chi connectivity index (χ3n) is 7.26. The molecule has 3 heterocycles. The summed E-state index contributed by atoms with van der Waals surface area (Å²) in [4.78, 5) is 12.1. The van der Waals surface area contributed by atoms with Gasteiger partial charge in [-0.25, -0.2) is 9.97 Å². The molecule has 6 heteroatoms. The lowest BCUT2D eigenvalue weighted by atomic mass is 9.43. The third-order valence-corrected chi connectivity index (χ3v) is 7.26. The van der Waals surface area contributed by atoms with Gasteiger partial charge in [-0.15, -0.1) is 0 Å². The van der Waals surface area contributed by atoms with Gasteiger partial charge in [-0.3, -0.25) is 4.90 Å². The second kappa shape index (κ2) is 5.32. The van der Waals surface area contributed by atoms with Crippen LogP contribution in [0.3, 0.4) is 0 Å². The molecule has 7 rings (SSSR count). The number of nitrogen functional groups attached to an aromatic ring is 1. The highest BCUT2D eigenvalue weighted by Crippen LogP contribution is 2.69. The van der Waals surface area contributed by atoms with Crippen LogP contribution in [0.2, 0.25) is 0 Å². The van der Waals surface area contributed by atoms with E-state index in [4.69, 9.17) is 15.5 Å². The minimum absolute atomic E-state index is 0.303. The Bertz CT molecular complexity index is 890. The molecule has 1 saturated heterocycles. The Labute approximate surface area is 159 Å². The van der Waals surface area contributed by atoms with Crippen molar-refractivity contribution in [2.75, 3.05) is 32.0 Å². The van der Waals surface area contributed by atoms with Crippen LogP contribution in [0.1, 0.15) is 49.4 Å². The quantitative estimate of drug-likeness (QED) is 0.902. The number of anilines is 1. The van der Waals surface area contributed by atoms with Gasteiger partial charge in [-0.05, 0) is 50.7 Å². The lowest BCUT2D eigenvalue weighted by Gasteiger charge is -2.74. The fraction of sp³-hybridized carbons (Fsp3) is 0.619. The van der Waals surface area contributed by atoms with Gasteiger partial charge in [0.05, 0.1) is 24.4 Å². The molecule has 27 heavy (non-hydrogen) atoms. The van der Waals surface area contributed by atoms with Crippen LogP contribution in [0.5, 0.6) is 0 Å². The molecule has 0 spiro atoms. The lowest BCUT2D eigenvalue weighted by molar-refractivity contribution is -0.221. The average molecular weight is 365 g/mol.